The molecule has 0 aliphatic heterocycles. The van der Waals surface area contributed by atoms with Gasteiger partial charge in [0.25, 0.3) is 0 Å². The average Bonchev–Trinajstić information content (AvgIpc) is 2.75. The molecule has 20 heavy (non-hydrogen) atoms. The first-order valence-corrected chi connectivity index (χ1v) is 7.01. The molecule has 2 aromatic heterocycles. The summed E-state index contributed by atoms with van der Waals surface area (Å²) in [5.74, 6) is 2.39. The number of nitrogens with one attached hydrogen (secondary N) is 2. The van der Waals surface area contributed by atoms with Gasteiger partial charge >= 0.3 is 0 Å². The summed E-state index contributed by atoms with van der Waals surface area (Å²) in [7, 11) is 1.92. The summed E-state index contributed by atoms with van der Waals surface area (Å²) in [6, 6.07) is 1.93. The minimum atomic E-state index is 0.746. The standard InChI is InChI=1S/C14H22N6/c1-5-7-15-13-8-14(17-10(3)16-13)18-12-9-20(4)19-11(12)6-2/h8-9H,5-7H2,1-4H3,(H2,15,16,17,18). The van der Waals surface area contributed by atoms with Gasteiger partial charge in [-0.05, 0) is 19.8 Å². The molecule has 2 heterocycles. The first-order chi connectivity index (χ1) is 9.62. The Labute approximate surface area is 119 Å². The molecule has 0 saturated heterocycles. The molecule has 0 spiro atoms. The molecule has 6 nitrogen and oxygen atoms in total. The van der Waals surface area contributed by atoms with Gasteiger partial charge in [0, 0.05) is 25.9 Å². The number of anilines is 3. The van der Waals surface area contributed by atoms with Crippen LogP contribution in [-0.4, -0.2) is 26.3 Å². The summed E-state index contributed by atoms with van der Waals surface area (Å²) in [5.41, 5.74) is 2.03. The summed E-state index contributed by atoms with van der Waals surface area (Å²) in [4.78, 5) is 8.80. The minimum Gasteiger partial charge on any atom is -0.370 e. The highest BCUT2D eigenvalue weighted by atomic mass is 15.3. The largest absolute Gasteiger partial charge is 0.370 e. The Morgan fingerprint density at radius 2 is 1.95 bits per heavy atom. The fraction of sp³-hybridized carbons (Fsp3) is 0.500. The second-order valence-corrected chi connectivity index (χ2v) is 4.75. The summed E-state index contributed by atoms with van der Waals surface area (Å²) in [5, 5.41) is 11.0. The fourth-order valence-electron chi connectivity index (χ4n) is 2.01. The van der Waals surface area contributed by atoms with Crippen LogP contribution >= 0.6 is 0 Å². The zero-order chi connectivity index (χ0) is 14.5. The van der Waals surface area contributed by atoms with Gasteiger partial charge in [0.2, 0.25) is 0 Å². The van der Waals surface area contributed by atoms with Gasteiger partial charge in [-0.1, -0.05) is 13.8 Å². The van der Waals surface area contributed by atoms with Crippen molar-refractivity contribution in [3.05, 3.63) is 23.8 Å². The van der Waals surface area contributed by atoms with Crippen LogP contribution < -0.4 is 10.6 Å². The number of hydrogen-bond acceptors (Lipinski definition) is 5. The van der Waals surface area contributed by atoms with Crippen LogP contribution in [0.3, 0.4) is 0 Å². The highest BCUT2D eigenvalue weighted by molar-refractivity contribution is 5.60. The van der Waals surface area contributed by atoms with Crippen molar-refractivity contribution in [3.63, 3.8) is 0 Å². The normalized spacial score (nSPS) is 10.6. The van der Waals surface area contributed by atoms with E-state index < -0.39 is 0 Å². The lowest BCUT2D eigenvalue weighted by Crippen LogP contribution is -2.05. The van der Waals surface area contributed by atoms with E-state index in [0.29, 0.717) is 0 Å². The van der Waals surface area contributed by atoms with Gasteiger partial charge in [-0.2, -0.15) is 5.10 Å². The van der Waals surface area contributed by atoms with Crippen LogP contribution in [0, 0.1) is 6.92 Å². The van der Waals surface area contributed by atoms with Crippen molar-refractivity contribution in [2.75, 3.05) is 17.2 Å². The average molecular weight is 274 g/mol. The molecular formula is C14H22N6. The molecule has 2 rings (SSSR count). The van der Waals surface area contributed by atoms with Crippen molar-refractivity contribution >= 4 is 17.3 Å². The predicted octanol–water partition coefficient (Wildman–Crippen LogP) is 2.65. The Kier molecular flexibility index (Phi) is 4.55. The summed E-state index contributed by atoms with van der Waals surface area (Å²) in [6.45, 7) is 7.02. The molecule has 6 heteroatoms. The van der Waals surface area contributed by atoms with Crippen LogP contribution in [0.1, 0.15) is 31.8 Å². The van der Waals surface area contributed by atoms with Gasteiger partial charge in [-0.15, -0.1) is 0 Å². The number of rotatable bonds is 6. The Bertz CT molecular complexity index is 575. The molecule has 0 saturated carbocycles. The lowest BCUT2D eigenvalue weighted by molar-refractivity contribution is 0.746. The lowest BCUT2D eigenvalue weighted by atomic mass is 10.3. The van der Waals surface area contributed by atoms with Crippen LogP contribution in [0.5, 0.6) is 0 Å². The highest BCUT2D eigenvalue weighted by Gasteiger charge is 2.08. The first kappa shape index (κ1) is 14.3. The number of aromatic nitrogens is 4. The van der Waals surface area contributed by atoms with Gasteiger partial charge in [0.05, 0.1) is 11.4 Å². The van der Waals surface area contributed by atoms with Gasteiger partial charge in [-0.3, -0.25) is 4.68 Å². The van der Waals surface area contributed by atoms with Crippen molar-refractivity contribution in [3.8, 4) is 0 Å². The molecule has 108 valence electrons. The maximum absolute atomic E-state index is 4.42. The Morgan fingerprint density at radius 1 is 1.20 bits per heavy atom. The predicted molar refractivity (Wildman–Crippen MR) is 81.4 cm³/mol. The Balaban J connectivity index is 2.21. The first-order valence-electron chi connectivity index (χ1n) is 7.01. The fourth-order valence-corrected chi connectivity index (χ4v) is 2.01. The van der Waals surface area contributed by atoms with E-state index in [1.165, 1.54) is 0 Å². The topological polar surface area (TPSA) is 67.7 Å². The molecule has 0 unspecified atom stereocenters. The molecule has 0 fully saturated rings. The molecule has 0 aliphatic rings. The SMILES string of the molecule is CCCNc1cc(Nc2cn(C)nc2CC)nc(C)n1. The molecule has 2 aromatic rings. The molecular weight excluding hydrogens is 252 g/mol. The van der Waals surface area contributed by atoms with Gasteiger partial charge in [0.1, 0.15) is 17.5 Å². The van der Waals surface area contributed by atoms with Crippen LogP contribution in [0.2, 0.25) is 0 Å². The molecule has 0 radical (unpaired) electrons. The smallest absolute Gasteiger partial charge is 0.136 e. The number of nitrogens with zero attached hydrogens (tertiary/aromatic N) is 4. The van der Waals surface area contributed by atoms with Crippen molar-refractivity contribution in [1.29, 1.82) is 0 Å². The van der Waals surface area contributed by atoms with Crippen molar-refractivity contribution in [2.24, 2.45) is 7.05 Å². The van der Waals surface area contributed by atoms with E-state index in [-0.39, 0.29) is 0 Å². The molecule has 0 atom stereocenters. The van der Waals surface area contributed by atoms with E-state index in [0.717, 1.165) is 48.2 Å². The molecule has 0 bridgehead atoms. The summed E-state index contributed by atoms with van der Waals surface area (Å²) in [6.07, 6.45) is 3.91. The molecule has 0 amide bonds. The van der Waals surface area contributed by atoms with E-state index in [2.05, 4.69) is 39.5 Å². The summed E-state index contributed by atoms with van der Waals surface area (Å²) < 4.78 is 1.81. The molecule has 0 aliphatic carbocycles. The van der Waals surface area contributed by atoms with Crippen LogP contribution in [0.4, 0.5) is 17.3 Å². The van der Waals surface area contributed by atoms with E-state index in [1.54, 1.807) is 0 Å². The van der Waals surface area contributed by atoms with Crippen molar-refractivity contribution in [2.45, 2.75) is 33.6 Å². The van der Waals surface area contributed by atoms with Gasteiger partial charge in [0.15, 0.2) is 0 Å². The van der Waals surface area contributed by atoms with Crippen LogP contribution in [0.15, 0.2) is 12.3 Å². The minimum absolute atomic E-state index is 0.746. The van der Waals surface area contributed by atoms with Crippen LogP contribution in [0.25, 0.3) is 0 Å². The van der Waals surface area contributed by atoms with Gasteiger partial charge in [-0.25, -0.2) is 9.97 Å². The van der Waals surface area contributed by atoms with Crippen LogP contribution in [-0.2, 0) is 13.5 Å². The number of hydrogen-bond donors (Lipinski definition) is 2. The van der Waals surface area contributed by atoms with Crippen molar-refractivity contribution < 1.29 is 0 Å². The Morgan fingerprint density at radius 3 is 2.65 bits per heavy atom. The van der Waals surface area contributed by atoms with E-state index in [1.807, 2.05) is 30.9 Å². The lowest BCUT2D eigenvalue weighted by Gasteiger charge is -2.09. The number of aryl methyl sites for hydroxylation is 3. The molecule has 0 aromatic carbocycles. The van der Waals surface area contributed by atoms with E-state index >= 15 is 0 Å². The third kappa shape index (κ3) is 3.46. The zero-order valence-electron chi connectivity index (χ0n) is 12.6. The van der Waals surface area contributed by atoms with Gasteiger partial charge < -0.3 is 10.6 Å². The maximum atomic E-state index is 4.42. The second-order valence-electron chi connectivity index (χ2n) is 4.75. The highest BCUT2D eigenvalue weighted by Crippen LogP contribution is 2.20. The van der Waals surface area contributed by atoms with E-state index in [4.69, 9.17) is 0 Å². The zero-order valence-corrected chi connectivity index (χ0v) is 12.6. The van der Waals surface area contributed by atoms with Crippen molar-refractivity contribution in [1.82, 2.24) is 19.7 Å². The van der Waals surface area contributed by atoms with E-state index in [9.17, 15) is 0 Å². The quantitative estimate of drug-likeness (QED) is 0.847. The maximum Gasteiger partial charge on any atom is 0.136 e. The summed E-state index contributed by atoms with van der Waals surface area (Å²) >= 11 is 0. The monoisotopic (exact) mass is 274 g/mol. The second kappa shape index (κ2) is 6.36. The Hall–Kier alpha value is -2.11. The third-order valence-corrected chi connectivity index (χ3v) is 2.90. The third-order valence-electron chi connectivity index (χ3n) is 2.90. The molecule has 2 N–H and O–H groups in total.